The van der Waals surface area contributed by atoms with Crippen LogP contribution >= 0.6 is 0 Å². The maximum absolute atomic E-state index is 12.0. The van der Waals surface area contributed by atoms with Gasteiger partial charge in [0.15, 0.2) is 0 Å². The van der Waals surface area contributed by atoms with Crippen molar-refractivity contribution in [2.45, 2.75) is 38.3 Å². The average molecular weight is 279 g/mol. The number of nitrogens with one attached hydrogen (secondary N) is 2. The summed E-state index contributed by atoms with van der Waals surface area (Å²) in [6.45, 7) is 4.10. The topological polar surface area (TPSA) is 76.4 Å². The molecule has 6 heteroatoms. The molecule has 0 radical (unpaired) electrons. The SMILES string of the molecule is Cc1cc(COCC(=O)N[C@]23CCC[C@H]2CNC3)no1. The molecule has 110 valence electrons. The maximum atomic E-state index is 12.0. The first kappa shape index (κ1) is 13.6. The summed E-state index contributed by atoms with van der Waals surface area (Å²) < 4.78 is 10.3. The van der Waals surface area contributed by atoms with E-state index in [1.54, 1.807) is 0 Å². The second-order valence-corrected chi connectivity index (χ2v) is 5.85. The molecular formula is C14H21N3O3. The Hall–Kier alpha value is -1.40. The van der Waals surface area contributed by atoms with E-state index in [1.807, 2.05) is 13.0 Å². The van der Waals surface area contributed by atoms with Crippen LogP contribution in [-0.2, 0) is 16.1 Å². The van der Waals surface area contributed by atoms with E-state index in [0.29, 0.717) is 12.5 Å². The van der Waals surface area contributed by atoms with Crippen molar-refractivity contribution < 1.29 is 14.1 Å². The van der Waals surface area contributed by atoms with Crippen LogP contribution in [0.15, 0.2) is 10.6 Å². The molecule has 0 unspecified atom stereocenters. The number of carbonyl (C=O) groups is 1. The van der Waals surface area contributed by atoms with Gasteiger partial charge in [-0.2, -0.15) is 0 Å². The summed E-state index contributed by atoms with van der Waals surface area (Å²) in [7, 11) is 0. The number of hydrogen-bond acceptors (Lipinski definition) is 5. The first-order valence-corrected chi connectivity index (χ1v) is 7.20. The minimum Gasteiger partial charge on any atom is -0.365 e. The van der Waals surface area contributed by atoms with Crippen molar-refractivity contribution in [3.8, 4) is 0 Å². The van der Waals surface area contributed by atoms with E-state index in [4.69, 9.17) is 9.26 Å². The van der Waals surface area contributed by atoms with Crippen molar-refractivity contribution in [2.24, 2.45) is 5.92 Å². The monoisotopic (exact) mass is 279 g/mol. The minimum atomic E-state index is -0.0409. The fraction of sp³-hybridized carbons (Fsp3) is 0.714. The Morgan fingerprint density at radius 2 is 2.60 bits per heavy atom. The highest BCUT2D eigenvalue weighted by Gasteiger charge is 2.46. The summed E-state index contributed by atoms with van der Waals surface area (Å²) in [5, 5.41) is 10.4. The van der Waals surface area contributed by atoms with E-state index in [9.17, 15) is 4.79 Å². The molecule has 0 bridgehead atoms. The molecule has 1 aliphatic heterocycles. The van der Waals surface area contributed by atoms with Gasteiger partial charge in [0, 0.05) is 19.2 Å². The Kier molecular flexibility index (Phi) is 3.76. The molecule has 2 fully saturated rings. The van der Waals surface area contributed by atoms with Crippen molar-refractivity contribution in [3.63, 3.8) is 0 Å². The molecule has 2 aliphatic rings. The molecule has 6 nitrogen and oxygen atoms in total. The Balaban J connectivity index is 1.45. The lowest BCUT2D eigenvalue weighted by Crippen LogP contribution is -2.52. The van der Waals surface area contributed by atoms with Crippen LogP contribution in [-0.4, -0.2) is 36.3 Å². The fourth-order valence-corrected chi connectivity index (χ4v) is 3.40. The van der Waals surface area contributed by atoms with Crippen LogP contribution in [0.5, 0.6) is 0 Å². The molecule has 1 aromatic heterocycles. The number of carbonyl (C=O) groups excluding carboxylic acids is 1. The van der Waals surface area contributed by atoms with Gasteiger partial charge in [-0.05, 0) is 25.7 Å². The predicted octanol–water partition coefficient (Wildman–Crippen LogP) is 0.758. The third kappa shape index (κ3) is 2.71. The summed E-state index contributed by atoms with van der Waals surface area (Å²) >= 11 is 0. The third-order valence-corrected chi connectivity index (χ3v) is 4.34. The summed E-state index contributed by atoms with van der Waals surface area (Å²) in [6, 6.07) is 1.81. The Morgan fingerprint density at radius 1 is 1.70 bits per heavy atom. The molecular weight excluding hydrogens is 258 g/mol. The molecule has 1 saturated carbocycles. The quantitative estimate of drug-likeness (QED) is 0.832. The van der Waals surface area contributed by atoms with E-state index in [-0.39, 0.29) is 18.1 Å². The van der Waals surface area contributed by atoms with Gasteiger partial charge in [-0.1, -0.05) is 11.6 Å². The van der Waals surface area contributed by atoms with Gasteiger partial charge < -0.3 is 19.9 Å². The molecule has 3 rings (SSSR count). The molecule has 0 aromatic carbocycles. The molecule has 20 heavy (non-hydrogen) atoms. The zero-order valence-electron chi connectivity index (χ0n) is 11.8. The van der Waals surface area contributed by atoms with Gasteiger partial charge in [0.25, 0.3) is 0 Å². The van der Waals surface area contributed by atoms with E-state index in [0.717, 1.165) is 31.0 Å². The van der Waals surface area contributed by atoms with E-state index < -0.39 is 0 Å². The molecule has 1 saturated heterocycles. The number of amides is 1. The van der Waals surface area contributed by atoms with Gasteiger partial charge in [0.05, 0.1) is 12.1 Å². The normalized spacial score (nSPS) is 28.6. The summed E-state index contributed by atoms with van der Waals surface area (Å²) in [4.78, 5) is 12.0. The Labute approximate surface area is 118 Å². The lowest BCUT2D eigenvalue weighted by molar-refractivity contribution is -0.128. The molecule has 2 N–H and O–H groups in total. The van der Waals surface area contributed by atoms with Gasteiger partial charge in [0.1, 0.15) is 18.1 Å². The van der Waals surface area contributed by atoms with Crippen LogP contribution in [0, 0.1) is 12.8 Å². The molecule has 1 amide bonds. The second kappa shape index (κ2) is 5.54. The highest BCUT2D eigenvalue weighted by molar-refractivity contribution is 5.78. The van der Waals surface area contributed by atoms with E-state index in [1.165, 1.54) is 12.8 Å². The number of aryl methyl sites for hydroxylation is 1. The van der Waals surface area contributed by atoms with Crippen molar-refractivity contribution in [2.75, 3.05) is 19.7 Å². The summed E-state index contributed by atoms with van der Waals surface area (Å²) in [5.41, 5.74) is 0.681. The van der Waals surface area contributed by atoms with Crippen molar-refractivity contribution in [3.05, 3.63) is 17.5 Å². The van der Waals surface area contributed by atoms with Crippen molar-refractivity contribution in [1.82, 2.24) is 15.8 Å². The van der Waals surface area contributed by atoms with Crippen LogP contribution in [0.4, 0.5) is 0 Å². The third-order valence-electron chi connectivity index (χ3n) is 4.34. The van der Waals surface area contributed by atoms with Gasteiger partial charge in [-0.3, -0.25) is 4.79 Å². The lowest BCUT2D eigenvalue weighted by atomic mass is 9.90. The number of rotatable bonds is 5. The van der Waals surface area contributed by atoms with Crippen LogP contribution < -0.4 is 10.6 Å². The largest absolute Gasteiger partial charge is 0.365 e. The van der Waals surface area contributed by atoms with Crippen molar-refractivity contribution in [1.29, 1.82) is 0 Å². The number of ether oxygens (including phenoxy) is 1. The maximum Gasteiger partial charge on any atom is 0.246 e. The highest BCUT2D eigenvalue weighted by Crippen LogP contribution is 2.38. The van der Waals surface area contributed by atoms with E-state index in [2.05, 4.69) is 15.8 Å². The molecule has 2 atom stereocenters. The predicted molar refractivity (Wildman–Crippen MR) is 72.0 cm³/mol. The number of aromatic nitrogens is 1. The smallest absolute Gasteiger partial charge is 0.246 e. The van der Waals surface area contributed by atoms with Gasteiger partial charge >= 0.3 is 0 Å². The molecule has 1 aliphatic carbocycles. The average Bonchev–Trinajstić information content (AvgIpc) is 3.04. The van der Waals surface area contributed by atoms with Gasteiger partial charge in [-0.25, -0.2) is 0 Å². The highest BCUT2D eigenvalue weighted by atomic mass is 16.5. The van der Waals surface area contributed by atoms with Gasteiger partial charge in [0.2, 0.25) is 5.91 Å². The molecule has 1 aromatic rings. The standard InChI is InChI=1S/C14H21N3O3/c1-10-5-12(17-20-10)7-19-8-13(18)16-14-4-2-3-11(14)6-15-9-14/h5,11,15H,2-4,6-9H2,1H3,(H,16,18)/t11-,14-/m0/s1. The summed E-state index contributed by atoms with van der Waals surface area (Å²) in [6.07, 6.45) is 3.47. The zero-order chi connectivity index (χ0) is 14.0. The van der Waals surface area contributed by atoms with Crippen LogP contribution in [0.1, 0.15) is 30.7 Å². The molecule has 2 heterocycles. The number of hydrogen-bond donors (Lipinski definition) is 2. The second-order valence-electron chi connectivity index (χ2n) is 5.85. The van der Waals surface area contributed by atoms with Gasteiger partial charge in [-0.15, -0.1) is 0 Å². The van der Waals surface area contributed by atoms with Crippen LogP contribution in [0.25, 0.3) is 0 Å². The van der Waals surface area contributed by atoms with Crippen molar-refractivity contribution >= 4 is 5.91 Å². The Morgan fingerprint density at radius 3 is 3.40 bits per heavy atom. The molecule has 0 spiro atoms. The zero-order valence-corrected chi connectivity index (χ0v) is 11.8. The van der Waals surface area contributed by atoms with Crippen LogP contribution in [0.2, 0.25) is 0 Å². The lowest BCUT2D eigenvalue weighted by Gasteiger charge is -2.29. The summed E-state index contributed by atoms with van der Waals surface area (Å²) in [5.74, 6) is 1.28. The first-order valence-electron chi connectivity index (χ1n) is 7.20. The van der Waals surface area contributed by atoms with E-state index >= 15 is 0 Å². The number of nitrogens with zero attached hydrogens (tertiary/aromatic N) is 1. The van der Waals surface area contributed by atoms with Crippen LogP contribution in [0.3, 0.4) is 0 Å². The fourth-order valence-electron chi connectivity index (χ4n) is 3.40. The number of fused-ring (bicyclic) bond motifs is 1. The first-order chi connectivity index (χ1) is 9.68. The Bertz CT molecular complexity index is 476. The minimum absolute atomic E-state index is 0.0368.